The number of rotatable bonds is 8. The summed E-state index contributed by atoms with van der Waals surface area (Å²) in [6.07, 6.45) is 1.60. The third-order valence-electron chi connectivity index (χ3n) is 5.91. The lowest BCUT2D eigenvalue weighted by Gasteiger charge is -2.23. The lowest BCUT2D eigenvalue weighted by Crippen LogP contribution is -2.23. The van der Waals surface area contributed by atoms with E-state index in [1.165, 1.54) is 11.3 Å². The van der Waals surface area contributed by atoms with Gasteiger partial charge in [0.05, 0.1) is 12.6 Å². The number of hydrogen-bond donors (Lipinski definition) is 1. The summed E-state index contributed by atoms with van der Waals surface area (Å²) in [5.41, 5.74) is 2.74. The van der Waals surface area contributed by atoms with Gasteiger partial charge in [-0.3, -0.25) is 4.79 Å². The molecule has 0 atom stereocenters. The standard InChI is InChI=1S/C29H24ClN3O3S/c1-2-36-28(35)23-18-33(25(20-11-5-3-6-12-20)21-13-7-4-8-14-21)27-24(26(23)34)32-29(37-27)31-17-19-10-9-15-22(30)16-19/h3-16,18,25H,2,17H2,1H3,(H,31,32). The third kappa shape index (κ3) is 5.28. The van der Waals surface area contributed by atoms with Crippen LogP contribution in [0, 0.1) is 0 Å². The minimum absolute atomic E-state index is 0.0436. The zero-order valence-electron chi connectivity index (χ0n) is 20.1. The van der Waals surface area contributed by atoms with E-state index in [2.05, 4.69) is 10.3 Å². The maximum atomic E-state index is 13.4. The molecular weight excluding hydrogens is 506 g/mol. The molecule has 37 heavy (non-hydrogen) atoms. The molecule has 0 aliphatic rings. The van der Waals surface area contributed by atoms with Gasteiger partial charge < -0.3 is 14.6 Å². The zero-order valence-corrected chi connectivity index (χ0v) is 21.6. The first-order valence-corrected chi connectivity index (χ1v) is 13.1. The normalized spacial score (nSPS) is 11.1. The summed E-state index contributed by atoms with van der Waals surface area (Å²) in [5.74, 6) is -0.663. The predicted octanol–water partition coefficient (Wildman–Crippen LogP) is 6.54. The summed E-state index contributed by atoms with van der Waals surface area (Å²) in [6, 6.07) is 27.2. The van der Waals surface area contributed by atoms with Gasteiger partial charge in [0.1, 0.15) is 15.9 Å². The summed E-state index contributed by atoms with van der Waals surface area (Å²) in [5, 5.41) is 4.52. The number of anilines is 1. The number of carbonyl (C=O) groups excluding carboxylic acids is 1. The van der Waals surface area contributed by atoms with E-state index in [1.807, 2.05) is 89.5 Å². The number of ether oxygens (including phenoxy) is 1. The van der Waals surface area contributed by atoms with Crippen molar-refractivity contribution in [3.05, 3.63) is 129 Å². The number of nitrogens with one attached hydrogen (secondary N) is 1. The number of halogens is 1. The van der Waals surface area contributed by atoms with Crippen molar-refractivity contribution < 1.29 is 9.53 Å². The van der Waals surface area contributed by atoms with Crippen LogP contribution in [0.3, 0.4) is 0 Å². The van der Waals surface area contributed by atoms with Crippen LogP contribution < -0.4 is 10.7 Å². The molecule has 1 N–H and O–H groups in total. The fraction of sp³-hybridized carbons (Fsp3) is 0.138. The van der Waals surface area contributed by atoms with E-state index in [-0.39, 0.29) is 23.7 Å². The number of aromatic nitrogens is 2. The van der Waals surface area contributed by atoms with Crippen molar-refractivity contribution in [1.29, 1.82) is 0 Å². The van der Waals surface area contributed by atoms with Crippen LogP contribution >= 0.6 is 22.9 Å². The molecule has 0 saturated heterocycles. The summed E-state index contributed by atoms with van der Waals surface area (Å²) >= 11 is 7.50. The van der Waals surface area contributed by atoms with E-state index in [0.29, 0.717) is 21.5 Å². The smallest absolute Gasteiger partial charge is 0.343 e. The molecule has 2 aromatic heterocycles. The molecule has 186 valence electrons. The van der Waals surface area contributed by atoms with Crippen LogP contribution in [0.4, 0.5) is 5.13 Å². The molecule has 0 saturated carbocycles. The van der Waals surface area contributed by atoms with Gasteiger partial charge >= 0.3 is 5.97 Å². The first-order chi connectivity index (χ1) is 18.0. The quantitative estimate of drug-likeness (QED) is 0.231. The van der Waals surface area contributed by atoms with E-state index in [4.69, 9.17) is 16.3 Å². The summed E-state index contributed by atoms with van der Waals surface area (Å²) in [6.45, 7) is 2.37. The Morgan fingerprint density at radius 2 is 1.70 bits per heavy atom. The molecule has 6 nitrogen and oxygen atoms in total. The maximum Gasteiger partial charge on any atom is 0.343 e. The zero-order chi connectivity index (χ0) is 25.8. The highest BCUT2D eigenvalue weighted by molar-refractivity contribution is 7.21. The Morgan fingerprint density at radius 3 is 2.32 bits per heavy atom. The number of fused-ring (bicyclic) bond motifs is 1. The topological polar surface area (TPSA) is 73.2 Å². The molecule has 0 spiro atoms. The number of benzene rings is 3. The average molecular weight is 530 g/mol. The van der Waals surface area contributed by atoms with Crippen molar-refractivity contribution in [2.24, 2.45) is 0 Å². The van der Waals surface area contributed by atoms with Gasteiger partial charge in [0, 0.05) is 17.8 Å². The number of nitrogens with zero attached hydrogens (tertiary/aromatic N) is 2. The number of esters is 1. The van der Waals surface area contributed by atoms with Crippen LogP contribution in [-0.2, 0) is 11.3 Å². The molecule has 2 heterocycles. The van der Waals surface area contributed by atoms with Gasteiger partial charge in [0.25, 0.3) is 0 Å². The Hall–Kier alpha value is -3.94. The molecule has 3 aromatic carbocycles. The summed E-state index contributed by atoms with van der Waals surface area (Å²) in [7, 11) is 0. The van der Waals surface area contributed by atoms with E-state index >= 15 is 0 Å². The number of pyridine rings is 1. The summed E-state index contributed by atoms with van der Waals surface area (Å²) in [4.78, 5) is 31.5. The SMILES string of the molecule is CCOC(=O)c1cn(C(c2ccccc2)c2ccccc2)c2sc(NCc3cccc(Cl)c3)nc2c1=O. The molecule has 0 fully saturated rings. The highest BCUT2D eigenvalue weighted by Crippen LogP contribution is 2.33. The molecule has 5 rings (SSSR count). The van der Waals surface area contributed by atoms with Gasteiger partial charge in [0.15, 0.2) is 5.13 Å². The molecule has 0 unspecified atom stereocenters. The maximum absolute atomic E-state index is 13.4. The Bertz CT molecular complexity index is 1560. The predicted molar refractivity (Wildman–Crippen MR) is 149 cm³/mol. The second kappa shape index (κ2) is 11.0. The third-order valence-corrected chi connectivity index (χ3v) is 7.17. The Balaban J connectivity index is 1.68. The van der Waals surface area contributed by atoms with Gasteiger partial charge in [-0.25, -0.2) is 9.78 Å². The van der Waals surface area contributed by atoms with Gasteiger partial charge in [-0.1, -0.05) is 95.7 Å². The van der Waals surface area contributed by atoms with Crippen LogP contribution in [0.25, 0.3) is 10.3 Å². The summed E-state index contributed by atoms with van der Waals surface area (Å²) < 4.78 is 7.18. The molecular formula is C29H24ClN3O3S. The minimum Gasteiger partial charge on any atom is -0.462 e. The van der Waals surface area contributed by atoms with Crippen LogP contribution in [0.1, 0.15) is 40.0 Å². The Labute approximate surface area is 223 Å². The van der Waals surface area contributed by atoms with Gasteiger partial charge in [0.2, 0.25) is 5.43 Å². The van der Waals surface area contributed by atoms with Crippen LogP contribution in [0.5, 0.6) is 0 Å². The van der Waals surface area contributed by atoms with Crippen molar-refractivity contribution in [2.75, 3.05) is 11.9 Å². The lowest BCUT2D eigenvalue weighted by atomic mass is 9.98. The van der Waals surface area contributed by atoms with E-state index in [1.54, 1.807) is 13.1 Å². The van der Waals surface area contributed by atoms with E-state index in [9.17, 15) is 9.59 Å². The lowest BCUT2D eigenvalue weighted by molar-refractivity contribution is 0.0524. The second-order valence-corrected chi connectivity index (χ2v) is 9.79. The molecule has 0 amide bonds. The van der Waals surface area contributed by atoms with Gasteiger partial charge in [-0.2, -0.15) is 0 Å². The van der Waals surface area contributed by atoms with Crippen LogP contribution in [0.2, 0.25) is 5.02 Å². The van der Waals surface area contributed by atoms with Crippen molar-refractivity contribution in [3.8, 4) is 0 Å². The highest BCUT2D eigenvalue weighted by atomic mass is 35.5. The molecule has 0 radical (unpaired) electrons. The fourth-order valence-electron chi connectivity index (χ4n) is 4.25. The second-order valence-electron chi connectivity index (χ2n) is 8.38. The number of hydrogen-bond acceptors (Lipinski definition) is 6. The van der Waals surface area contributed by atoms with Crippen molar-refractivity contribution >= 4 is 44.4 Å². The minimum atomic E-state index is -0.663. The van der Waals surface area contributed by atoms with Gasteiger partial charge in [-0.15, -0.1) is 0 Å². The highest BCUT2D eigenvalue weighted by Gasteiger charge is 2.25. The first kappa shape index (κ1) is 24.7. The Morgan fingerprint density at radius 1 is 1.03 bits per heavy atom. The molecule has 8 heteroatoms. The van der Waals surface area contributed by atoms with Gasteiger partial charge in [-0.05, 0) is 35.7 Å². The fourth-order valence-corrected chi connectivity index (χ4v) is 5.43. The van der Waals surface area contributed by atoms with Crippen LogP contribution in [0.15, 0.2) is 95.9 Å². The molecule has 0 bridgehead atoms. The number of carbonyl (C=O) groups is 1. The molecule has 0 aliphatic carbocycles. The number of thiazole rings is 1. The molecule has 0 aliphatic heterocycles. The average Bonchev–Trinajstić information content (AvgIpc) is 3.35. The Kier molecular flexibility index (Phi) is 7.35. The van der Waals surface area contributed by atoms with E-state index in [0.717, 1.165) is 16.7 Å². The largest absolute Gasteiger partial charge is 0.462 e. The first-order valence-electron chi connectivity index (χ1n) is 11.9. The van der Waals surface area contributed by atoms with Crippen molar-refractivity contribution in [3.63, 3.8) is 0 Å². The van der Waals surface area contributed by atoms with Crippen molar-refractivity contribution in [2.45, 2.75) is 19.5 Å². The van der Waals surface area contributed by atoms with E-state index < -0.39 is 11.4 Å². The van der Waals surface area contributed by atoms with Crippen LogP contribution in [-0.4, -0.2) is 22.1 Å². The monoisotopic (exact) mass is 529 g/mol. The van der Waals surface area contributed by atoms with Crippen molar-refractivity contribution in [1.82, 2.24) is 9.55 Å². The molecule has 5 aromatic rings.